The highest BCUT2D eigenvalue weighted by Crippen LogP contribution is 2.52. The maximum absolute atomic E-state index is 13.3. The highest BCUT2D eigenvalue weighted by molar-refractivity contribution is 7.90. The van der Waals surface area contributed by atoms with Gasteiger partial charge in [-0.05, 0) is 36.3 Å². The minimum Gasteiger partial charge on any atom is -0.414 e. The van der Waals surface area contributed by atoms with Gasteiger partial charge in [0.15, 0.2) is 34.1 Å². The first kappa shape index (κ1) is 30.9. The zero-order valence-electron chi connectivity index (χ0n) is 24.7. The standard InChI is InChI=1S/C24H41N5O8SSi2/c1-22(2,3)39(7,8)34-11-15-24(14(25)12-38(32,33)37-24)17(36-40(9,10)23(4,5)6)20(35-15)29-18-16(26-13-27-18)19(30)28-21(29)31/h12-13,15,17,20H,11,25H2,1-10H3,(H,26,27)(H,28,30,31). The normalized spacial score (nSPS) is 27.6. The zero-order chi connectivity index (χ0) is 30.3. The fourth-order valence-corrected chi connectivity index (χ4v) is 7.89. The molecule has 1 saturated heterocycles. The Labute approximate surface area is 235 Å². The Bertz CT molecular complexity index is 1560. The van der Waals surface area contributed by atoms with E-state index in [4.69, 9.17) is 23.5 Å². The van der Waals surface area contributed by atoms with Crippen LogP contribution in [0.3, 0.4) is 0 Å². The summed E-state index contributed by atoms with van der Waals surface area (Å²) in [5, 5.41) is 0.387. The van der Waals surface area contributed by atoms with Gasteiger partial charge in [-0.1, -0.05) is 41.5 Å². The summed E-state index contributed by atoms with van der Waals surface area (Å²) in [7, 11) is -9.28. The third-order valence-corrected chi connectivity index (χ3v) is 18.8. The van der Waals surface area contributed by atoms with Crippen LogP contribution in [0.25, 0.3) is 11.2 Å². The van der Waals surface area contributed by atoms with Gasteiger partial charge in [-0.25, -0.2) is 18.5 Å². The SMILES string of the molecule is CC(C)(C)[Si](C)(C)OCC1OC(n2c(=O)[nH]c(=O)c3[nH]cnc32)C(O[Si](C)(C)C(C)(C)C)C12OS(=O)(=O)C=C2N. The molecule has 2 aliphatic heterocycles. The van der Waals surface area contributed by atoms with Gasteiger partial charge in [-0.2, -0.15) is 8.42 Å². The molecular formula is C24H41N5O8SSi2. The largest absolute Gasteiger partial charge is 0.414 e. The van der Waals surface area contributed by atoms with Crippen molar-refractivity contribution in [2.24, 2.45) is 5.73 Å². The molecule has 224 valence electrons. The summed E-state index contributed by atoms with van der Waals surface area (Å²) in [5.41, 5.74) is 3.15. The van der Waals surface area contributed by atoms with E-state index >= 15 is 0 Å². The number of ether oxygens (including phenoxy) is 1. The maximum atomic E-state index is 13.3. The summed E-state index contributed by atoms with van der Waals surface area (Å²) < 4.78 is 52.6. The van der Waals surface area contributed by atoms with Crippen LogP contribution in [0.2, 0.25) is 36.3 Å². The predicted molar refractivity (Wildman–Crippen MR) is 155 cm³/mol. The molecule has 1 fully saturated rings. The summed E-state index contributed by atoms with van der Waals surface area (Å²) >= 11 is 0. The number of nitrogens with zero attached hydrogens (tertiary/aromatic N) is 2. The zero-order valence-corrected chi connectivity index (χ0v) is 27.6. The maximum Gasteiger partial charge on any atom is 0.332 e. The van der Waals surface area contributed by atoms with Crippen LogP contribution >= 0.6 is 0 Å². The lowest BCUT2D eigenvalue weighted by Gasteiger charge is -2.43. The number of fused-ring (bicyclic) bond motifs is 1. The summed E-state index contributed by atoms with van der Waals surface area (Å²) in [5.74, 6) is 0. The summed E-state index contributed by atoms with van der Waals surface area (Å²) in [6.45, 7) is 20.3. The Balaban J connectivity index is 1.95. The van der Waals surface area contributed by atoms with Gasteiger partial charge >= 0.3 is 5.69 Å². The average Bonchev–Trinajstić information content (AvgIpc) is 3.42. The number of rotatable bonds is 6. The van der Waals surface area contributed by atoms with Crippen molar-refractivity contribution in [3.05, 3.63) is 38.3 Å². The van der Waals surface area contributed by atoms with Crippen molar-refractivity contribution in [3.63, 3.8) is 0 Å². The molecule has 2 aromatic rings. The molecule has 4 N–H and O–H groups in total. The number of imidazole rings is 1. The van der Waals surface area contributed by atoms with Crippen molar-refractivity contribution in [2.45, 2.75) is 102 Å². The number of nitrogens with two attached hydrogens (primary N) is 1. The summed E-state index contributed by atoms with van der Waals surface area (Å²) in [4.78, 5) is 35.0. The fraction of sp³-hybridized carbons (Fsp3) is 0.708. The fourth-order valence-electron chi connectivity index (χ4n) is 4.39. The van der Waals surface area contributed by atoms with Crippen LogP contribution < -0.4 is 17.0 Å². The Morgan fingerprint density at radius 2 is 1.70 bits per heavy atom. The van der Waals surface area contributed by atoms with E-state index < -0.39 is 62.0 Å². The van der Waals surface area contributed by atoms with Crippen LogP contribution in [0.5, 0.6) is 0 Å². The van der Waals surface area contributed by atoms with Crippen molar-refractivity contribution in [3.8, 4) is 0 Å². The molecule has 13 nitrogen and oxygen atoms in total. The third-order valence-electron chi connectivity index (χ3n) is 8.84. The Hall–Kier alpha value is -2.09. The Morgan fingerprint density at radius 3 is 2.23 bits per heavy atom. The first-order valence-electron chi connectivity index (χ1n) is 13.1. The van der Waals surface area contributed by atoms with Crippen LogP contribution in [0.15, 0.2) is 27.0 Å². The van der Waals surface area contributed by atoms with Crippen molar-refractivity contribution in [2.75, 3.05) is 6.61 Å². The summed E-state index contributed by atoms with van der Waals surface area (Å²) in [6, 6.07) is 0. The van der Waals surface area contributed by atoms with E-state index in [0.717, 1.165) is 9.98 Å². The second kappa shape index (κ2) is 9.47. The van der Waals surface area contributed by atoms with Gasteiger partial charge in [0.05, 0.1) is 24.0 Å². The number of hydrogen-bond acceptors (Lipinski definition) is 10. The first-order chi connectivity index (χ1) is 18.0. The Morgan fingerprint density at radius 1 is 1.10 bits per heavy atom. The van der Waals surface area contributed by atoms with Crippen molar-refractivity contribution < 1.29 is 26.2 Å². The lowest BCUT2D eigenvalue weighted by atomic mass is 9.89. The van der Waals surface area contributed by atoms with Crippen molar-refractivity contribution in [1.82, 2.24) is 19.5 Å². The van der Waals surface area contributed by atoms with Crippen molar-refractivity contribution >= 4 is 37.9 Å². The Kier molecular flexibility index (Phi) is 7.31. The molecule has 40 heavy (non-hydrogen) atoms. The van der Waals surface area contributed by atoms with Crippen LogP contribution in [-0.4, -0.2) is 69.0 Å². The third kappa shape index (κ3) is 4.96. The second-order valence-corrected chi connectivity index (χ2v) is 24.5. The van der Waals surface area contributed by atoms with Crippen LogP contribution in [0.4, 0.5) is 0 Å². The minimum absolute atomic E-state index is 0.0205. The van der Waals surface area contributed by atoms with Gasteiger partial charge in [0, 0.05) is 0 Å². The molecule has 0 radical (unpaired) electrons. The lowest BCUT2D eigenvalue weighted by molar-refractivity contribution is -0.0548. The van der Waals surface area contributed by atoms with Gasteiger partial charge in [0.25, 0.3) is 15.7 Å². The topological polar surface area (TPSA) is 181 Å². The van der Waals surface area contributed by atoms with Gasteiger partial charge in [0.1, 0.15) is 17.7 Å². The number of hydrogen-bond donors (Lipinski definition) is 3. The van der Waals surface area contributed by atoms with Crippen LogP contribution in [0, 0.1) is 0 Å². The molecule has 16 heteroatoms. The number of aromatic nitrogens is 4. The lowest BCUT2D eigenvalue weighted by Crippen LogP contribution is -2.59. The molecule has 0 aromatic carbocycles. The number of aromatic amines is 2. The molecule has 0 saturated carbocycles. The first-order valence-corrected chi connectivity index (χ1v) is 20.4. The van der Waals surface area contributed by atoms with E-state index in [9.17, 15) is 18.0 Å². The van der Waals surface area contributed by atoms with E-state index in [1.165, 1.54) is 6.33 Å². The predicted octanol–water partition coefficient (Wildman–Crippen LogP) is 2.62. The highest BCUT2D eigenvalue weighted by Gasteiger charge is 2.67. The monoisotopic (exact) mass is 615 g/mol. The molecule has 4 atom stereocenters. The highest BCUT2D eigenvalue weighted by atomic mass is 32.2. The van der Waals surface area contributed by atoms with Gasteiger partial charge < -0.3 is 24.3 Å². The molecule has 4 heterocycles. The number of H-pyrrole nitrogens is 2. The molecule has 4 unspecified atom stereocenters. The average molecular weight is 616 g/mol. The molecule has 0 bridgehead atoms. The molecule has 1 spiro atoms. The number of nitrogens with one attached hydrogen (secondary N) is 2. The molecular weight excluding hydrogens is 575 g/mol. The van der Waals surface area contributed by atoms with Gasteiger partial charge in [-0.3, -0.25) is 9.78 Å². The van der Waals surface area contributed by atoms with Crippen LogP contribution in [-0.2, 0) is 27.9 Å². The van der Waals surface area contributed by atoms with Gasteiger partial charge in [0.2, 0.25) is 0 Å². The molecule has 4 rings (SSSR count). The van der Waals surface area contributed by atoms with E-state index in [2.05, 4.69) is 48.8 Å². The summed E-state index contributed by atoms with van der Waals surface area (Å²) in [6.07, 6.45) is -2.27. The van der Waals surface area contributed by atoms with Crippen molar-refractivity contribution in [1.29, 1.82) is 0 Å². The van der Waals surface area contributed by atoms with E-state index in [1.54, 1.807) is 0 Å². The van der Waals surface area contributed by atoms with Crippen LogP contribution in [0.1, 0.15) is 47.8 Å². The van der Waals surface area contributed by atoms with Gasteiger partial charge in [-0.15, -0.1) is 0 Å². The quantitative estimate of drug-likeness (QED) is 0.323. The van der Waals surface area contributed by atoms with E-state index in [1.807, 2.05) is 33.9 Å². The molecule has 0 aliphatic carbocycles. The molecule has 2 aliphatic rings. The molecule has 2 aromatic heterocycles. The minimum atomic E-state index is -4.22. The molecule has 0 amide bonds. The van der Waals surface area contributed by atoms with E-state index in [0.29, 0.717) is 0 Å². The van der Waals surface area contributed by atoms with E-state index in [-0.39, 0.29) is 33.5 Å². The smallest absolute Gasteiger partial charge is 0.332 e. The second-order valence-electron chi connectivity index (χ2n) is 13.6.